The SMILES string of the molecule is C[C@H](c1cccnc1)N(C)C(=O)Nc1ccc2[nH]ccc2c1. The Morgan fingerprint density at radius 1 is 1.32 bits per heavy atom. The van der Waals surface area contributed by atoms with E-state index in [1.54, 1.807) is 24.3 Å². The molecule has 0 saturated carbocycles. The highest BCUT2D eigenvalue weighted by Gasteiger charge is 2.17. The van der Waals surface area contributed by atoms with E-state index >= 15 is 0 Å². The van der Waals surface area contributed by atoms with Crippen molar-refractivity contribution in [3.8, 4) is 0 Å². The Morgan fingerprint density at radius 2 is 2.18 bits per heavy atom. The molecule has 0 radical (unpaired) electrons. The second kappa shape index (κ2) is 5.89. The number of pyridine rings is 1. The average molecular weight is 294 g/mol. The molecule has 2 aromatic heterocycles. The van der Waals surface area contributed by atoms with Gasteiger partial charge in [-0.2, -0.15) is 0 Å². The first kappa shape index (κ1) is 14.1. The highest BCUT2D eigenvalue weighted by Crippen LogP contribution is 2.21. The third kappa shape index (κ3) is 2.79. The second-order valence-electron chi connectivity index (χ2n) is 5.28. The lowest BCUT2D eigenvalue weighted by molar-refractivity contribution is 0.208. The van der Waals surface area contributed by atoms with Gasteiger partial charge in [-0.15, -0.1) is 0 Å². The molecule has 1 aromatic carbocycles. The van der Waals surface area contributed by atoms with Crippen LogP contribution >= 0.6 is 0 Å². The van der Waals surface area contributed by atoms with Crippen LogP contribution in [-0.4, -0.2) is 27.9 Å². The number of hydrogen-bond acceptors (Lipinski definition) is 2. The van der Waals surface area contributed by atoms with E-state index in [0.717, 1.165) is 22.2 Å². The summed E-state index contributed by atoms with van der Waals surface area (Å²) in [7, 11) is 1.78. The van der Waals surface area contributed by atoms with Gasteiger partial charge in [0.15, 0.2) is 0 Å². The molecule has 22 heavy (non-hydrogen) atoms. The maximum absolute atomic E-state index is 12.4. The topological polar surface area (TPSA) is 61.0 Å². The monoisotopic (exact) mass is 294 g/mol. The van der Waals surface area contributed by atoms with Crippen molar-refractivity contribution in [2.45, 2.75) is 13.0 Å². The summed E-state index contributed by atoms with van der Waals surface area (Å²) in [4.78, 5) is 21.3. The van der Waals surface area contributed by atoms with Crippen LogP contribution in [0.1, 0.15) is 18.5 Å². The first-order valence-electron chi connectivity index (χ1n) is 7.16. The Bertz CT molecular complexity index is 781. The number of aromatic amines is 1. The van der Waals surface area contributed by atoms with E-state index in [1.165, 1.54) is 0 Å². The normalized spacial score (nSPS) is 12.1. The molecule has 0 bridgehead atoms. The van der Waals surface area contributed by atoms with Gasteiger partial charge in [0.1, 0.15) is 0 Å². The zero-order valence-electron chi connectivity index (χ0n) is 12.6. The molecule has 1 atom stereocenters. The Morgan fingerprint density at radius 3 is 2.95 bits per heavy atom. The van der Waals surface area contributed by atoms with Gasteiger partial charge in [-0.25, -0.2) is 4.79 Å². The van der Waals surface area contributed by atoms with Gasteiger partial charge in [-0.1, -0.05) is 6.07 Å². The molecular weight excluding hydrogens is 276 g/mol. The molecule has 0 fully saturated rings. The molecule has 2 amide bonds. The smallest absolute Gasteiger partial charge is 0.322 e. The van der Waals surface area contributed by atoms with E-state index in [2.05, 4.69) is 15.3 Å². The van der Waals surface area contributed by atoms with Crippen molar-refractivity contribution in [3.63, 3.8) is 0 Å². The van der Waals surface area contributed by atoms with Crippen molar-refractivity contribution in [3.05, 3.63) is 60.6 Å². The summed E-state index contributed by atoms with van der Waals surface area (Å²) in [6.45, 7) is 1.98. The standard InChI is InChI=1S/C17H18N4O/c1-12(14-4-3-8-18-11-14)21(2)17(22)20-15-5-6-16-13(10-15)7-9-19-16/h3-12,19H,1-2H3,(H,20,22)/t12-/m1/s1. The first-order valence-corrected chi connectivity index (χ1v) is 7.16. The molecule has 0 aliphatic carbocycles. The fourth-order valence-electron chi connectivity index (χ4n) is 2.37. The van der Waals surface area contributed by atoms with E-state index in [4.69, 9.17) is 0 Å². The largest absolute Gasteiger partial charge is 0.361 e. The molecule has 0 spiro atoms. The highest BCUT2D eigenvalue weighted by atomic mass is 16.2. The number of nitrogens with one attached hydrogen (secondary N) is 2. The van der Waals surface area contributed by atoms with Crippen LogP contribution in [0.15, 0.2) is 55.0 Å². The quantitative estimate of drug-likeness (QED) is 0.772. The predicted molar refractivity (Wildman–Crippen MR) is 87.7 cm³/mol. The zero-order chi connectivity index (χ0) is 15.5. The van der Waals surface area contributed by atoms with Gasteiger partial charge in [0, 0.05) is 42.2 Å². The van der Waals surface area contributed by atoms with Crippen molar-refractivity contribution in [2.75, 3.05) is 12.4 Å². The Kier molecular flexibility index (Phi) is 3.78. The fourth-order valence-corrected chi connectivity index (χ4v) is 2.37. The van der Waals surface area contributed by atoms with Gasteiger partial charge in [-0.05, 0) is 42.8 Å². The van der Waals surface area contributed by atoms with Gasteiger partial charge >= 0.3 is 6.03 Å². The van der Waals surface area contributed by atoms with E-state index < -0.39 is 0 Å². The number of H-pyrrole nitrogens is 1. The van der Waals surface area contributed by atoms with Gasteiger partial charge in [-0.3, -0.25) is 4.98 Å². The van der Waals surface area contributed by atoms with Crippen LogP contribution in [0.5, 0.6) is 0 Å². The number of amides is 2. The lowest BCUT2D eigenvalue weighted by Crippen LogP contribution is -2.33. The van der Waals surface area contributed by atoms with Crippen molar-refractivity contribution >= 4 is 22.6 Å². The van der Waals surface area contributed by atoms with Crippen LogP contribution in [0.2, 0.25) is 0 Å². The summed E-state index contributed by atoms with van der Waals surface area (Å²) in [6.07, 6.45) is 5.38. The third-order valence-electron chi connectivity index (χ3n) is 3.87. The van der Waals surface area contributed by atoms with Crippen LogP contribution in [0, 0.1) is 0 Å². The number of urea groups is 1. The average Bonchev–Trinajstić information content (AvgIpc) is 3.02. The molecule has 0 aliphatic heterocycles. The maximum atomic E-state index is 12.4. The fraction of sp³-hybridized carbons (Fsp3) is 0.176. The number of hydrogen-bond donors (Lipinski definition) is 2. The summed E-state index contributed by atoms with van der Waals surface area (Å²) in [5, 5.41) is 4.00. The number of anilines is 1. The molecule has 0 aliphatic rings. The lowest BCUT2D eigenvalue weighted by atomic mass is 10.1. The van der Waals surface area contributed by atoms with Gasteiger partial charge in [0.05, 0.1) is 6.04 Å². The molecule has 0 unspecified atom stereocenters. The third-order valence-corrected chi connectivity index (χ3v) is 3.87. The minimum absolute atomic E-state index is 0.0512. The molecule has 2 heterocycles. The number of benzene rings is 1. The zero-order valence-corrected chi connectivity index (χ0v) is 12.6. The summed E-state index contributed by atoms with van der Waals surface area (Å²) in [5.41, 5.74) is 2.83. The van der Waals surface area contributed by atoms with Gasteiger partial charge < -0.3 is 15.2 Å². The van der Waals surface area contributed by atoms with E-state index in [-0.39, 0.29) is 12.1 Å². The van der Waals surface area contributed by atoms with Crippen molar-refractivity contribution < 1.29 is 4.79 Å². The summed E-state index contributed by atoms with van der Waals surface area (Å²) in [6, 6.07) is 11.4. The number of nitrogens with zero attached hydrogens (tertiary/aromatic N) is 2. The van der Waals surface area contributed by atoms with Crippen LogP contribution in [0.25, 0.3) is 10.9 Å². The Balaban J connectivity index is 1.73. The summed E-state index contributed by atoms with van der Waals surface area (Å²) >= 11 is 0. The van der Waals surface area contributed by atoms with Crippen molar-refractivity contribution in [2.24, 2.45) is 0 Å². The number of carbonyl (C=O) groups excluding carboxylic acids is 1. The summed E-state index contributed by atoms with van der Waals surface area (Å²) in [5.74, 6) is 0. The number of rotatable bonds is 3. The number of carbonyl (C=O) groups is 1. The van der Waals surface area contributed by atoms with Crippen LogP contribution in [0.3, 0.4) is 0 Å². The predicted octanol–water partition coefficient (Wildman–Crippen LogP) is 3.79. The molecule has 2 N–H and O–H groups in total. The Labute approximate surface area is 129 Å². The highest BCUT2D eigenvalue weighted by molar-refractivity contribution is 5.92. The minimum Gasteiger partial charge on any atom is -0.361 e. The van der Waals surface area contributed by atoms with E-state index in [1.807, 2.05) is 49.5 Å². The first-order chi connectivity index (χ1) is 10.6. The molecule has 5 nitrogen and oxygen atoms in total. The van der Waals surface area contributed by atoms with Gasteiger partial charge in [0.25, 0.3) is 0 Å². The molecule has 3 aromatic rings. The van der Waals surface area contributed by atoms with Crippen molar-refractivity contribution in [1.82, 2.24) is 14.9 Å². The summed E-state index contributed by atoms with van der Waals surface area (Å²) < 4.78 is 0. The lowest BCUT2D eigenvalue weighted by Gasteiger charge is -2.25. The maximum Gasteiger partial charge on any atom is 0.322 e. The molecule has 3 rings (SSSR count). The number of fused-ring (bicyclic) bond motifs is 1. The second-order valence-corrected chi connectivity index (χ2v) is 5.28. The molecule has 0 saturated heterocycles. The van der Waals surface area contributed by atoms with Gasteiger partial charge in [0.2, 0.25) is 0 Å². The number of aromatic nitrogens is 2. The van der Waals surface area contributed by atoms with E-state index in [9.17, 15) is 4.79 Å². The van der Waals surface area contributed by atoms with Crippen molar-refractivity contribution in [1.29, 1.82) is 0 Å². The molecule has 112 valence electrons. The van der Waals surface area contributed by atoms with E-state index in [0.29, 0.717) is 0 Å². The molecular formula is C17H18N4O. The molecule has 5 heteroatoms. The van der Waals surface area contributed by atoms with Crippen LogP contribution in [0.4, 0.5) is 10.5 Å². The Hall–Kier alpha value is -2.82. The van der Waals surface area contributed by atoms with Crippen LogP contribution < -0.4 is 5.32 Å². The minimum atomic E-state index is -0.147. The van der Waals surface area contributed by atoms with Crippen LogP contribution in [-0.2, 0) is 0 Å².